The minimum Gasteiger partial charge on any atom is -0.0879 e. The van der Waals surface area contributed by atoms with Gasteiger partial charge in [-0.2, -0.15) is 0 Å². The second kappa shape index (κ2) is 4.32. The van der Waals surface area contributed by atoms with Gasteiger partial charge in [-0.05, 0) is 25.7 Å². The fraction of sp³-hybridized carbons (Fsp3) is 0.600. The molecule has 0 aromatic heterocycles. The molecular weight excluding hydrogens is 120 g/mol. The molecule has 0 heterocycles. The predicted molar refractivity (Wildman–Crippen MR) is 46.0 cm³/mol. The van der Waals surface area contributed by atoms with Gasteiger partial charge in [-0.1, -0.05) is 37.1 Å². The van der Waals surface area contributed by atoms with Crippen molar-refractivity contribution >= 4 is 0 Å². The van der Waals surface area contributed by atoms with Crippen molar-refractivity contribution in [1.82, 2.24) is 0 Å². The van der Waals surface area contributed by atoms with E-state index in [0.29, 0.717) is 0 Å². The van der Waals surface area contributed by atoms with Crippen LogP contribution in [-0.2, 0) is 0 Å². The van der Waals surface area contributed by atoms with Crippen LogP contribution in [0.1, 0.15) is 39.0 Å². The molecule has 0 nitrogen and oxygen atoms in total. The summed E-state index contributed by atoms with van der Waals surface area (Å²) in [7, 11) is 0. The van der Waals surface area contributed by atoms with Crippen LogP contribution < -0.4 is 0 Å². The Balaban J connectivity index is 2.33. The third kappa shape index (κ3) is 2.38. The summed E-state index contributed by atoms with van der Waals surface area (Å²) in [6.45, 7) is 2.23. The highest BCUT2D eigenvalue weighted by Crippen LogP contribution is 2.17. The Bertz CT molecular complexity index is 140. The summed E-state index contributed by atoms with van der Waals surface area (Å²) in [5.41, 5.74) is 1.64. The molecule has 0 radical (unpaired) electrons. The molecule has 0 heteroatoms. The highest BCUT2D eigenvalue weighted by atomic mass is 14.0. The third-order valence-corrected chi connectivity index (χ3v) is 1.90. The van der Waals surface area contributed by atoms with Crippen LogP contribution in [0.4, 0.5) is 0 Å². The lowest BCUT2D eigenvalue weighted by Crippen LogP contribution is -1.86. The Kier molecular flexibility index (Phi) is 3.28. The average molecular weight is 136 g/mol. The largest absolute Gasteiger partial charge is 0.0879 e. The molecule has 10 heavy (non-hydrogen) atoms. The third-order valence-electron chi connectivity index (χ3n) is 1.90. The first-order valence-corrected chi connectivity index (χ1v) is 4.26. The molecule has 1 aliphatic rings. The Morgan fingerprint density at radius 2 is 2.40 bits per heavy atom. The summed E-state index contributed by atoms with van der Waals surface area (Å²) < 4.78 is 0. The van der Waals surface area contributed by atoms with E-state index in [-0.39, 0.29) is 0 Å². The van der Waals surface area contributed by atoms with E-state index in [1.54, 1.807) is 5.57 Å². The molecule has 56 valence electrons. The standard InChI is InChI=1S/C10H16/c1-2-3-7-10-8-5-4-6-9-10/h4-5,7H,2-3,6,8-9H2,1H3/b10-7-. The van der Waals surface area contributed by atoms with Crippen LogP contribution in [0, 0.1) is 0 Å². The Labute approximate surface area is 63.6 Å². The molecule has 1 rings (SSSR count). The van der Waals surface area contributed by atoms with E-state index >= 15 is 0 Å². The predicted octanol–water partition coefficient (Wildman–Crippen LogP) is 3.45. The summed E-state index contributed by atoms with van der Waals surface area (Å²) in [5, 5.41) is 0. The van der Waals surface area contributed by atoms with Crippen LogP contribution in [0.25, 0.3) is 0 Å². The first-order chi connectivity index (χ1) is 4.93. The molecule has 0 N–H and O–H groups in total. The summed E-state index contributed by atoms with van der Waals surface area (Å²) in [5.74, 6) is 0. The molecule has 0 unspecified atom stereocenters. The van der Waals surface area contributed by atoms with Crippen molar-refractivity contribution in [2.75, 3.05) is 0 Å². The van der Waals surface area contributed by atoms with Gasteiger partial charge in [0, 0.05) is 0 Å². The number of unbranched alkanes of at least 4 members (excludes halogenated alkanes) is 1. The molecular formula is C10H16. The van der Waals surface area contributed by atoms with Crippen molar-refractivity contribution in [3.63, 3.8) is 0 Å². The van der Waals surface area contributed by atoms with Gasteiger partial charge in [0.15, 0.2) is 0 Å². The lowest BCUT2D eigenvalue weighted by molar-refractivity contribution is 0.865. The van der Waals surface area contributed by atoms with Gasteiger partial charge < -0.3 is 0 Å². The van der Waals surface area contributed by atoms with E-state index < -0.39 is 0 Å². The van der Waals surface area contributed by atoms with Gasteiger partial charge in [-0.15, -0.1) is 0 Å². The second-order valence-electron chi connectivity index (χ2n) is 2.87. The van der Waals surface area contributed by atoms with Gasteiger partial charge in [0.05, 0.1) is 0 Å². The minimum atomic E-state index is 1.21. The Hall–Kier alpha value is -0.520. The van der Waals surface area contributed by atoms with Crippen LogP contribution in [-0.4, -0.2) is 0 Å². The molecule has 1 aliphatic carbocycles. The summed E-state index contributed by atoms with van der Waals surface area (Å²) in [6.07, 6.45) is 13.3. The molecule has 0 aromatic carbocycles. The van der Waals surface area contributed by atoms with Crippen LogP contribution in [0.15, 0.2) is 23.8 Å². The van der Waals surface area contributed by atoms with E-state index in [9.17, 15) is 0 Å². The van der Waals surface area contributed by atoms with Crippen molar-refractivity contribution in [2.24, 2.45) is 0 Å². The van der Waals surface area contributed by atoms with Crippen LogP contribution in [0.2, 0.25) is 0 Å². The molecule has 0 saturated carbocycles. The zero-order valence-electron chi connectivity index (χ0n) is 6.77. The van der Waals surface area contributed by atoms with Crippen molar-refractivity contribution in [1.29, 1.82) is 0 Å². The lowest BCUT2D eigenvalue weighted by Gasteiger charge is -2.06. The normalized spacial score (nSPS) is 21.9. The van der Waals surface area contributed by atoms with E-state index in [1.807, 2.05) is 0 Å². The first-order valence-electron chi connectivity index (χ1n) is 4.26. The van der Waals surface area contributed by atoms with Gasteiger partial charge in [0.1, 0.15) is 0 Å². The fourth-order valence-electron chi connectivity index (χ4n) is 1.26. The van der Waals surface area contributed by atoms with Gasteiger partial charge in [0.25, 0.3) is 0 Å². The monoisotopic (exact) mass is 136 g/mol. The van der Waals surface area contributed by atoms with Crippen molar-refractivity contribution in [2.45, 2.75) is 39.0 Å². The maximum Gasteiger partial charge on any atom is -0.0139 e. The van der Waals surface area contributed by atoms with Crippen molar-refractivity contribution in [3.05, 3.63) is 23.8 Å². The van der Waals surface area contributed by atoms with E-state index in [2.05, 4.69) is 25.2 Å². The molecule has 0 fully saturated rings. The SMILES string of the molecule is CCC/C=C1/CC=CCC1. The lowest BCUT2D eigenvalue weighted by atomic mass is 10.00. The number of hydrogen-bond acceptors (Lipinski definition) is 0. The maximum absolute atomic E-state index is 2.41. The Morgan fingerprint density at radius 3 is 3.00 bits per heavy atom. The van der Waals surface area contributed by atoms with Gasteiger partial charge in [-0.3, -0.25) is 0 Å². The number of rotatable bonds is 2. The molecule has 0 spiro atoms. The van der Waals surface area contributed by atoms with E-state index in [1.165, 1.54) is 32.1 Å². The molecule has 0 bridgehead atoms. The van der Waals surface area contributed by atoms with E-state index in [4.69, 9.17) is 0 Å². The first kappa shape index (κ1) is 7.59. The quantitative estimate of drug-likeness (QED) is 0.510. The maximum atomic E-state index is 2.41. The van der Waals surface area contributed by atoms with Crippen LogP contribution >= 0.6 is 0 Å². The Morgan fingerprint density at radius 1 is 1.50 bits per heavy atom. The number of allylic oxidation sites excluding steroid dienone is 4. The van der Waals surface area contributed by atoms with Gasteiger partial charge in [0.2, 0.25) is 0 Å². The van der Waals surface area contributed by atoms with Gasteiger partial charge >= 0.3 is 0 Å². The highest BCUT2D eigenvalue weighted by Gasteiger charge is 1.97. The van der Waals surface area contributed by atoms with Crippen LogP contribution in [0.5, 0.6) is 0 Å². The van der Waals surface area contributed by atoms with Crippen LogP contribution in [0.3, 0.4) is 0 Å². The molecule has 0 amide bonds. The number of hydrogen-bond donors (Lipinski definition) is 0. The summed E-state index contributed by atoms with van der Waals surface area (Å²) in [6, 6.07) is 0. The summed E-state index contributed by atoms with van der Waals surface area (Å²) >= 11 is 0. The summed E-state index contributed by atoms with van der Waals surface area (Å²) in [4.78, 5) is 0. The molecule has 0 atom stereocenters. The second-order valence-corrected chi connectivity index (χ2v) is 2.87. The van der Waals surface area contributed by atoms with Crippen molar-refractivity contribution < 1.29 is 0 Å². The van der Waals surface area contributed by atoms with Crippen molar-refractivity contribution in [3.8, 4) is 0 Å². The topological polar surface area (TPSA) is 0 Å². The molecule has 0 aromatic rings. The van der Waals surface area contributed by atoms with E-state index in [0.717, 1.165) is 0 Å². The average Bonchev–Trinajstić information content (AvgIpc) is 2.03. The zero-order chi connectivity index (χ0) is 7.23. The molecule has 0 saturated heterocycles. The minimum absolute atomic E-state index is 1.21. The van der Waals surface area contributed by atoms with Gasteiger partial charge in [-0.25, -0.2) is 0 Å². The fourth-order valence-corrected chi connectivity index (χ4v) is 1.26. The highest BCUT2D eigenvalue weighted by molar-refractivity contribution is 5.12. The molecule has 0 aliphatic heterocycles. The smallest absolute Gasteiger partial charge is 0.0139 e. The zero-order valence-corrected chi connectivity index (χ0v) is 6.77.